The molecule has 1 aliphatic heterocycles. The van der Waals surface area contributed by atoms with Crippen LogP contribution in [0.25, 0.3) is 0 Å². The molecule has 0 radical (unpaired) electrons. The third-order valence-electron chi connectivity index (χ3n) is 3.98. The molecule has 0 saturated carbocycles. The molecule has 2 aromatic rings. The summed E-state index contributed by atoms with van der Waals surface area (Å²) in [5.74, 6) is -1.31. The second kappa shape index (κ2) is 5.48. The van der Waals surface area contributed by atoms with E-state index in [0.717, 1.165) is 30.6 Å². The highest BCUT2D eigenvalue weighted by Gasteiger charge is 2.28. The Labute approximate surface area is 127 Å². The molecule has 0 fully saturated rings. The summed E-state index contributed by atoms with van der Waals surface area (Å²) in [5, 5.41) is 11.3. The minimum atomic E-state index is -0.804. The van der Waals surface area contributed by atoms with Gasteiger partial charge >= 0.3 is 5.97 Å². The maximum Gasteiger partial charge on any atom is 0.312 e. The maximum atomic E-state index is 12.6. The van der Waals surface area contributed by atoms with Gasteiger partial charge in [0, 0.05) is 12.2 Å². The van der Waals surface area contributed by atoms with Crippen LogP contribution in [0.15, 0.2) is 23.6 Å². The van der Waals surface area contributed by atoms with Gasteiger partial charge in [0.05, 0.1) is 16.5 Å². The molecule has 4 nitrogen and oxygen atoms in total. The van der Waals surface area contributed by atoms with Crippen molar-refractivity contribution in [3.8, 4) is 0 Å². The van der Waals surface area contributed by atoms with Crippen LogP contribution in [-0.2, 0) is 11.3 Å². The molecule has 3 rings (SSSR count). The van der Waals surface area contributed by atoms with Crippen molar-refractivity contribution in [2.75, 3.05) is 0 Å². The average molecular weight is 303 g/mol. The lowest BCUT2D eigenvalue weighted by Crippen LogP contribution is -2.16. The zero-order valence-electron chi connectivity index (χ0n) is 11.8. The van der Waals surface area contributed by atoms with Crippen molar-refractivity contribution in [2.45, 2.75) is 38.6 Å². The van der Waals surface area contributed by atoms with Crippen molar-refractivity contribution < 1.29 is 14.7 Å². The number of hydrogen-bond acceptors (Lipinski definition) is 3. The van der Waals surface area contributed by atoms with Crippen molar-refractivity contribution >= 4 is 23.1 Å². The number of carbonyl (C=O) groups excluding carboxylic acids is 1. The van der Waals surface area contributed by atoms with E-state index >= 15 is 0 Å². The van der Waals surface area contributed by atoms with Crippen LogP contribution >= 0.6 is 11.3 Å². The third kappa shape index (κ3) is 2.53. The summed E-state index contributed by atoms with van der Waals surface area (Å²) >= 11 is 1.44. The predicted molar refractivity (Wildman–Crippen MR) is 81.1 cm³/mol. The van der Waals surface area contributed by atoms with Crippen LogP contribution in [-0.4, -0.2) is 21.4 Å². The number of carboxylic acids is 1. The van der Waals surface area contributed by atoms with Crippen LogP contribution in [0.2, 0.25) is 0 Å². The Kier molecular flexibility index (Phi) is 3.68. The molecule has 0 amide bonds. The second-order valence-electron chi connectivity index (χ2n) is 5.50. The maximum absolute atomic E-state index is 12.6. The Morgan fingerprint density at radius 3 is 2.81 bits per heavy atom. The van der Waals surface area contributed by atoms with Crippen LogP contribution in [0, 0.1) is 6.92 Å². The minimum Gasteiger partial charge on any atom is -0.481 e. The summed E-state index contributed by atoms with van der Waals surface area (Å²) in [5.41, 5.74) is 2.45. The summed E-state index contributed by atoms with van der Waals surface area (Å²) in [6, 6.07) is 5.46. The van der Waals surface area contributed by atoms with Gasteiger partial charge in [0.1, 0.15) is 0 Å². The van der Waals surface area contributed by atoms with Crippen molar-refractivity contribution in [3.05, 3.63) is 45.4 Å². The molecule has 0 spiro atoms. The molecule has 5 heteroatoms. The zero-order valence-corrected chi connectivity index (χ0v) is 12.7. The van der Waals surface area contributed by atoms with E-state index in [1.165, 1.54) is 11.3 Å². The number of carboxylic acid groups (broad SMARTS) is 1. The summed E-state index contributed by atoms with van der Waals surface area (Å²) in [7, 11) is 0. The van der Waals surface area contributed by atoms with Crippen LogP contribution in [0.1, 0.15) is 51.8 Å². The van der Waals surface area contributed by atoms with Gasteiger partial charge in [-0.3, -0.25) is 9.59 Å². The van der Waals surface area contributed by atoms with E-state index in [9.17, 15) is 14.7 Å². The fraction of sp³-hybridized carbons (Fsp3) is 0.375. The monoisotopic (exact) mass is 303 g/mol. The van der Waals surface area contributed by atoms with E-state index in [0.29, 0.717) is 17.0 Å². The normalized spacial score (nSPS) is 18.0. The number of nitrogens with zero attached hydrogens (tertiary/aromatic N) is 1. The molecule has 3 heterocycles. The lowest BCUT2D eigenvalue weighted by atomic mass is 10.0. The van der Waals surface area contributed by atoms with E-state index in [-0.39, 0.29) is 5.78 Å². The van der Waals surface area contributed by atoms with Gasteiger partial charge in [0.15, 0.2) is 0 Å². The number of aliphatic carboxylic acids is 1. The highest BCUT2D eigenvalue weighted by molar-refractivity contribution is 7.12. The van der Waals surface area contributed by atoms with E-state index < -0.39 is 11.9 Å². The first-order valence-electron chi connectivity index (χ1n) is 7.10. The number of carbonyl (C=O) groups is 2. The molecule has 1 atom stereocenters. The Morgan fingerprint density at radius 2 is 2.14 bits per heavy atom. The molecule has 0 bridgehead atoms. The molecule has 1 N–H and O–H groups in total. The van der Waals surface area contributed by atoms with E-state index in [2.05, 4.69) is 0 Å². The number of thiophene rings is 1. The SMILES string of the molecule is Cc1csc(C(=O)c2ccc3n2CCCCC3C(=O)O)c1. The molecule has 1 unspecified atom stereocenters. The first-order chi connectivity index (χ1) is 10.1. The van der Waals surface area contributed by atoms with Crippen LogP contribution in [0.5, 0.6) is 0 Å². The Bertz CT molecular complexity index is 698. The van der Waals surface area contributed by atoms with Crippen LogP contribution in [0.4, 0.5) is 0 Å². The van der Waals surface area contributed by atoms with Crippen LogP contribution < -0.4 is 0 Å². The van der Waals surface area contributed by atoms with Gasteiger partial charge in [-0.25, -0.2) is 0 Å². The lowest BCUT2D eigenvalue weighted by molar-refractivity contribution is -0.139. The standard InChI is InChI=1S/C16H17NO3S/c1-10-8-14(21-9-10)15(18)13-6-5-12-11(16(19)20)4-2-3-7-17(12)13/h5-6,8-9,11H,2-4,7H2,1H3,(H,19,20). The van der Waals surface area contributed by atoms with Crippen molar-refractivity contribution in [2.24, 2.45) is 0 Å². The third-order valence-corrected chi connectivity index (χ3v) is 5.03. The quantitative estimate of drug-likeness (QED) is 0.884. The van der Waals surface area contributed by atoms with Crippen molar-refractivity contribution in [1.82, 2.24) is 4.57 Å². The molecular weight excluding hydrogens is 286 g/mol. The van der Waals surface area contributed by atoms with Gasteiger partial charge in [-0.05, 0) is 48.9 Å². The molecule has 0 aromatic carbocycles. The fourth-order valence-corrected chi connectivity index (χ4v) is 3.77. The number of ketones is 1. The molecule has 0 aliphatic carbocycles. The number of hydrogen-bond donors (Lipinski definition) is 1. The Hall–Kier alpha value is -1.88. The first kappa shape index (κ1) is 14.1. The zero-order chi connectivity index (χ0) is 15.0. The smallest absolute Gasteiger partial charge is 0.312 e. The topological polar surface area (TPSA) is 59.3 Å². The predicted octanol–water partition coefficient (Wildman–Crippen LogP) is 3.44. The van der Waals surface area contributed by atoms with E-state index in [1.54, 1.807) is 12.1 Å². The van der Waals surface area contributed by atoms with Gasteiger partial charge in [0.2, 0.25) is 5.78 Å². The van der Waals surface area contributed by atoms with E-state index in [4.69, 9.17) is 0 Å². The van der Waals surface area contributed by atoms with Gasteiger partial charge < -0.3 is 9.67 Å². The number of aromatic nitrogens is 1. The van der Waals surface area contributed by atoms with Crippen LogP contribution in [0.3, 0.4) is 0 Å². The molecular formula is C16H17NO3S. The highest BCUT2D eigenvalue weighted by Crippen LogP contribution is 2.30. The largest absolute Gasteiger partial charge is 0.481 e. The summed E-state index contributed by atoms with van der Waals surface area (Å²) < 4.78 is 1.91. The molecule has 1 aliphatic rings. The molecule has 21 heavy (non-hydrogen) atoms. The minimum absolute atomic E-state index is 0.00890. The molecule has 110 valence electrons. The van der Waals surface area contributed by atoms with Crippen molar-refractivity contribution in [3.63, 3.8) is 0 Å². The molecule has 2 aromatic heterocycles. The van der Waals surface area contributed by atoms with Gasteiger partial charge in [0.25, 0.3) is 0 Å². The van der Waals surface area contributed by atoms with E-state index in [1.807, 2.05) is 22.9 Å². The van der Waals surface area contributed by atoms with Crippen molar-refractivity contribution in [1.29, 1.82) is 0 Å². The Balaban J connectivity index is 2.02. The average Bonchev–Trinajstić information content (AvgIpc) is 2.99. The summed E-state index contributed by atoms with van der Waals surface area (Å²) in [6.07, 6.45) is 2.44. The van der Waals surface area contributed by atoms with Gasteiger partial charge in [-0.15, -0.1) is 11.3 Å². The number of aryl methyl sites for hydroxylation is 1. The number of rotatable bonds is 3. The van der Waals surface area contributed by atoms with Gasteiger partial charge in [-0.1, -0.05) is 6.42 Å². The summed E-state index contributed by atoms with van der Waals surface area (Å²) in [6.45, 7) is 2.68. The second-order valence-corrected chi connectivity index (χ2v) is 6.41. The molecule has 0 saturated heterocycles. The van der Waals surface area contributed by atoms with Gasteiger partial charge in [-0.2, -0.15) is 0 Å². The highest BCUT2D eigenvalue weighted by atomic mass is 32.1. The fourth-order valence-electron chi connectivity index (χ4n) is 2.93. The Morgan fingerprint density at radius 1 is 1.33 bits per heavy atom. The first-order valence-corrected chi connectivity index (χ1v) is 7.98. The number of fused-ring (bicyclic) bond motifs is 1. The lowest BCUT2D eigenvalue weighted by Gasteiger charge is -2.13. The summed E-state index contributed by atoms with van der Waals surface area (Å²) in [4.78, 5) is 24.8.